The molecule has 0 spiro atoms. The van der Waals surface area contributed by atoms with Gasteiger partial charge in [-0.3, -0.25) is 0 Å². The Labute approximate surface area is 116 Å². The third-order valence-corrected chi connectivity index (χ3v) is 4.63. The molecule has 1 N–H and O–H groups in total. The van der Waals surface area contributed by atoms with Gasteiger partial charge in [0, 0.05) is 26.3 Å². The first-order valence-electron chi connectivity index (χ1n) is 6.54. The van der Waals surface area contributed by atoms with E-state index in [0.717, 1.165) is 6.42 Å². The summed E-state index contributed by atoms with van der Waals surface area (Å²) in [6, 6.07) is 3.46. The van der Waals surface area contributed by atoms with E-state index in [4.69, 9.17) is 0 Å². The van der Waals surface area contributed by atoms with Gasteiger partial charge in [-0.2, -0.15) is 4.31 Å². The zero-order valence-corrected chi connectivity index (χ0v) is 12.9. The van der Waals surface area contributed by atoms with Gasteiger partial charge in [0.25, 0.3) is 10.0 Å². The largest absolute Gasteiger partial charge is 0.383 e. The van der Waals surface area contributed by atoms with E-state index in [9.17, 15) is 8.42 Å². The van der Waals surface area contributed by atoms with Gasteiger partial charge in [0.1, 0.15) is 0 Å². The lowest BCUT2D eigenvalue weighted by molar-refractivity contribution is 0.426. The van der Waals surface area contributed by atoms with Gasteiger partial charge in [-0.15, -0.1) is 0 Å². The molecule has 1 heterocycles. The fourth-order valence-electron chi connectivity index (χ4n) is 1.63. The van der Waals surface area contributed by atoms with Crippen molar-refractivity contribution >= 4 is 15.7 Å². The van der Waals surface area contributed by atoms with E-state index in [0.29, 0.717) is 24.7 Å². The summed E-state index contributed by atoms with van der Waals surface area (Å²) in [6.07, 6.45) is 2.34. The molecule has 0 saturated carbocycles. The summed E-state index contributed by atoms with van der Waals surface area (Å²) in [7, 11) is -1.93. The minimum atomic E-state index is -3.53. The molecule has 1 aromatic heterocycles. The Balaban J connectivity index is 2.99. The highest BCUT2D eigenvalue weighted by Crippen LogP contribution is 2.21. The summed E-state index contributed by atoms with van der Waals surface area (Å²) in [5.74, 6) is 0.467. The van der Waals surface area contributed by atoms with E-state index in [1.54, 1.807) is 19.2 Å². The molecular formula is C13H23N3O2S. The van der Waals surface area contributed by atoms with Crippen LogP contribution >= 0.6 is 0 Å². The maximum atomic E-state index is 12.5. The van der Waals surface area contributed by atoms with Crippen molar-refractivity contribution < 1.29 is 8.42 Å². The Morgan fingerprint density at radius 2 is 2.11 bits per heavy atom. The normalized spacial score (nSPS) is 12.1. The molecule has 0 atom stereocenters. The standard InChI is InChI=1S/C13H23N3O2S/c1-5-14-12-7-6-9-15-13(12)19(17,18)16(4)10-8-11(2)3/h6-7,9,11,14H,5,8,10H2,1-4H3. The molecule has 0 aliphatic heterocycles. The van der Waals surface area contributed by atoms with Crippen molar-refractivity contribution in [1.82, 2.24) is 9.29 Å². The summed E-state index contributed by atoms with van der Waals surface area (Å²) in [5.41, 5.74) is 0.557. The van der Waals surface area contributed by atoms with Gasteiger partial charge >= 0.3 is 0 Å². The smallest absolute Gasteiger partial charge is 0.262 e. The summed E-state index contributed by atoms with van der Waals surface area (Å²) in [6.45, 7) is 7.23. The van der Waals surface area contributed by atoms with Gasteiger partial charge in [-0.1, -0.05) is 13.8 Å². The second-order valence-electron chi connectivity index (χ2n) is 4.90. The van der Waals surface area contributed by atoms with Crippen molar-refractivity contribution in [3.8, 4) is 0 Å². The van der Waals surface area contributed by atoms with Crippen LogP contribution in [0.5, 0.6) is 0 Å². The molecule has 19 heavy (non-hydrogen) atoms. The molecule has 0 aromatic carbocycles. The Bertz CT molecular complexity index is 500. The van der Waals surface area contributed by atoms with E-state index in [1.807, 2.05) is 6.92 Å². The van der Waals surface area contributed by atoms with Crippen molar-refractivity contribution in [2.24, 2.45) is 5.92 Å². The lowest BCUT2D eigenvalue weighted by atomic mass is 10.1. The van der Waals surface area contributed by atoms with Crippen LogP contribution in [0.2, 0.25) is 0 Å². The van der Waals surface area contributed by atoms with Crippen molar-refractivity contribution in [3.63, 3.8) is 0 Å². The number of nitrogens with zero attached hydrogens (tertiary/aromatic N) is 2. The number of aromatic nitrogens is 1. The molecule has 0 fully saturated rings. The average molecular weight is 285 g/mol. The predicted octanol–water partition coefficient (Wildman–Crippen LogP) is 2.18. The third kappa shape index (κ3) is 4.18. The van der Waals surface area contributed by atoms with Crippen molar-refractivity contribution in [2.75, 3.05) is 25.5 Å². The Morgan fingerprint density at radius 1 is 1.42 bits per heavy atom. The van der Waals surface area contributed by atoms with Gasteiger partial charge in [0.15, 0.2) is 5.03 Å². The first-order chi connectivity index (χ1) is 8.89. The number of hydrogen-bond acceptors (Lipinski definition) is 4. The molecule has 1 aromatic rings. The van der Waals surface area contributed by atoms with E-state index in [1.165, 1.54) is 10.5 Å². The number of anilines is 1. The van der Waals surface area contributed by atoms with Crippen LogP contribution in [0.1, 0.15) is 27.2 Å². The van der Waals surface area contributed by atoms with Crippen LogP contribution in [0.3, 0.4) is 0 Å². The molecule has 0 saturated heterocycles. The summed E-state index contributed by atoms with van der Waals surface area (Å²) in [4.78, 5) is 4.03. The molecule has 0 aliphatic rings. The average Bonchev–Trinajstić information content (AvgIpc) is 2.36. The maximum Gasteiger partial charge on any atom is 0.262 e. The van der Waals surface area contributed by atoms with E-state index in [2.05, 4.69) is 24.1 Å². The minimum absolute atomic E-state index is 0.100. The lowest BCUT2D eigenvalue weighted by Gasteiger charge is -2.19. The number of rotatable bonds is 7. The zero-order valence-electron chi connectivity index (χ0n) is 12.0. The highest BCUT2D eigenvalue weighted by Gasteiger charge is 2.25. The first-order valence-corrected chi connectivity index (χ1v) is 7.98. The van der Waals surface area contributed by atoms with Gasteiger partial charge in [0.05, 0.1) is 5.69 Å². The van der Waals surface area contributed by atoms with E-state index >= 15 is 0 Å². The predicted molar refractivity (Wildman–Crippen MR) is 77.7 cm³/mol. The van der Waals surface area contributed by atoms with Crippen molar-refractivity contribution in [2.45, 2.75) is 32.2 Å². The molecule has 0 radical (unpaired) electrons. The fourth-order valence-corrected chi connectivity index (χ4v) is 2.88. The summed E-state index contributed by atoms with van der Waals surface area (Å²) in [5, 5.41) is 3.13. The molecule has 5 nitrogen and oxygen atoms in total. The van der Waals surface area contributed by atoms with E-state index < -0.39 is 10.0 Å². The molecule has 0 aliphatic carbocycles. The Kier molecular flexibility index (Phi) is 5.75. The zero-order chi connectivity index (χ0) is 14.5. The second kappa shape index (κ2) is 6.86. The number of hydrogen-bond donors (Lipinski definition) is 1. The summed E-state index contributed by atoms with van der Waals surface area (Å²) >= 11 is 0. The number of nitrogens with one attached hydrogen (secondary N) is 1. The van der Waals surface area contributed by atoms with Crippen LogP contribution in [0.25, 0.3) is 0 Å². The monoisotopic (exact) mass is 285 g/mol. The van der Waals surface area contributed by atoms with Crippen LogP contribution in [-0.4, -0.2) is 37.8 Å². The van der Waals surface area contributed by atoms with E-state index in [-0.39, 0.29) is 5.03 Å². The van der Waals surface area contributed by atoms with Crippen LogP contribution in [0, 0.1) is 5.92 Å². The van der Waals surface area contributed by atoms with Crippen LogP contribution < -0.4 is 5.32 Å². The van der Waals surface area contributed by atoms with Gasteiger partial charge in [0.2, 0.25) is 0 Å². The Morgan fingerprint density at radius 3 is 2.68 bits per heavy atom. The van der Waals surface area contributed by atoms with Crippen LogP contribution in [0.4, 0.5) is 5.69 Å². The highest BCUT2D eigenvalue weighted by atomic mass is 32.2. The fraction of sp³-hybridized carbons (Fsp3) is 0.615. The summed E-state index contributed by atoms with van der Waals surface area (Å²) < 4.78 is 26.3. The second-order valence-corrected chi connectivity index (χ2v) is 6.86. The van der Waals surface area contributed by atoms with Gasteiger partial charge in [-0.25, -0.2) is 13.4 Å². The van der Waals surface area contributed by atoms with Crippen LogP contribution in [0.15, 0.2) is 23.4 Å². The Hall–Kier alpha value is -1.14. The topological polar surface area (TPSA) is 62.3 Å². The molecule has 0 bridgehead atoms. The minimum Gasteiger partial charge on any atom is -0.383 e. The number of sulfonamides is 1. The SMILES string of the molecule is CCNc1cccnc1S(=O)(=O)N(C)CCC(C)C. The molecule has 108 valence electrons. The third-order valence-electron chi connectivity index (χ3n) is 2.81. The maximum absolute atomic E-state index is 12.5. The molecule has 6 heteroatoms. The molecule has 0 amide bonds. The molecular weight excluding hydrogens is 262 g/mol. The molecule has 1 rings (SSSR count). The molecule has 0 unspecified atom stereocenters. The number of pyridine rings is 1. The lowest BCUT2D eigenvalue weighted by Crippen LogP contribution is -2.30. The van der Waals surface area contributed by atoms with Gasteiger partial charge in [-0.05, 0) is 31.4 Å². The first kappa shape index (κ1) is 15.9. The van der Waals surface area contributed by atoms with Crippen molar-refractivity contribution in [3.05, 3.63) is 18.3 Å². The highest BCUT2D eigenvalue weighted by molar-refractivity contribution is 7.89. The van der Waals surface area contributed by atoms with Crippen LogP contribution in [-0.2, 0) is 10.0 Å². The van der Waals surface area contributed by atoms with Gasteiger partial charge < -0.3 is 5.32 Å². The van der Waals surface area contributed by atoms with Crippen molar-refractivity contribution in [1.29, 1.82) is 0 Å². The quantitative estimate of drug-likeness (QED) is 0.834.